The van der Waals surface area contributed by atoms with Crippen molar-refractivity contribution in [2.45, 2.75) is 32.5 Å². The molecule has 5 nitrogen and oxygen atoms in total. The fourth-order valence-electron chi connectivity index (χ4n) is 1.67. The molecule has 0 fully saturated rings. The first-order valence-electron chi connectivity index (χ1n) is 5.93. The van der Waals surface area contributed by atoms with Gasteiger partial charge in [0.25, 0.3) is 0 Å². The molecule has 0 spiro atoms. The molecule has 0 saturated heterocycles. The Labute approximate surface area is 122 Å². The van der Waals surface area contributed by atoms with Crippen LogP contribution in [0.4, 0.5) is 5.82 Å². The average Bonchev–Trinajstić information content (AvgIpc) is 2.38. The lowest BCUT2D eigenvalue weighted by atomic mass is 10.2. The standard InChI is InChI=1S/C12H20IN3O2/c1-5-6-9(18-4)11-15-8(7-17-3)10(13)12(14-2)16-11/h9H,5-7H2,1-4H3,(H,14,15,16). The van der Waals surface area contributed by atoms with E-state index in [0.29, 0.717) is 6.61 Å². The third-order valence-electron chi connectivity index (χ3n) is 2.58. The van der Waals surface area contributed by atoms with Gasteiger partial charge in [-0.2, -0.15) is 0 Å². The zero-order chi connectivity index (χ0) is 13.5. The number of nitrogens with zero attached hydrogens (tertiary/aromatic N) is 2. The highest BCUT2D eigenvalue weighted by atomic mass is 127. The van der Waals surface area contributed by atoms with Gasteiger partial charge in [-0.05, 0) is 29.0 Å². The van der Waals surface area contributed by atoms with Crippen molar-refractivity contribution in [2.75, 3.05) is 26.6 Å². The van der Waals surface area contributed by atoms with Crippen LogP contribution in [0.2, 0.25) is 0 Å². The van der Waals surface area contributed by atoms with Gasteiger partial charge in [0.05, 0.1) is 15.9 Å². The maximum absolute atomic E-state index is 5.45. The maximum atomic E-state index is 5.45. The number of methoxy groups -OCH3 is 2. The van der Waals surface area contributed by atoms with Crippen LogP contribution in [0.25, 0.3) is 0 Å². The largest absolute Gasteiger partial charge is 0.378 e. The van der Waals surface area contributed by atoms with Gasteiger partial charge in [0.2, 0.25) is 0 Å². The van der Waals surface area contributed by atoms with E-state index in [4.69, 9.17) is 9.47 Å². The molecule has 1 heterocycles. The zero-order valence-corrected chi connectivity index (χ0v) is 13.4. The normalized spacial score (nSPS) is 12.5. The first-order valence-corrected chi connectivity index (χ1v) is 7.01. The van der Waals surface area contributed by atoms with Gasteiger partial charge in [0.1, 0.15) is 11.9 Å². The number of halogens is 1. The molecule has 102 valence electrons. The van der Waals surface area contributed by atoms with E-state index in [0.717, 1.165) is 33.7 Å². The lowest BCUT2D eigenvalue weighted by Gasteiger charge is -2.16. The van der Waals surface area contributed by atoms with Gasteiger partial charge in [0, 0.05) is 21.3 Å². The van der Waals surface area contributed by atoms with Crippen LogP contribution in [0.1, 0.15) is 37.4 Å². The fraction of sp³-hybridized carbons (Fsp3) is 0.667. The van der Waals surface area contributed by atoms with Crippen molar-refractivity contribution in [2.24, 2.45) is 0 Å². The maximum Gasteiger partial charge on any atom is 0.159 e. The molecule has 0 aliphatic rings. The highest BCUT2D eigenvalue weighted by Crippen LogP contribution is 2.25. The third-order valence-corrected chi connectivity index (χ3v) is 3.71. The summed E-state index contributed by atoms with van der Waals surface area (Å²) in [6, 6.07) is 0. The minimum absolute atomic E-state index is 0.0605. The topological polar surface area (TPSA) is 56.3 Å². The van der Waals surface area contributed by atoms with Gasteiger partial charge in [-0.3, -0.25) is 0 Å². The van der Waals surface area contributed by atoms with Crippen LogP contribution in [-0.2, 0) is 16.1 Å². The number of ether oxygens (including phenoxy) is 2. The number of hydrogen-bond acceptors (Lipinski definition) is 5. The highest BCUT2D eigenvalue weighted by Gasteiger charge is 2.18. The zero-order valence-electron chi connectivity index (χ0n) is 11.3. The van der Waals surface area contributed by atoms with Crippen molar-refractivity contribution in [3.8, 4) is 0 Å². The van der Waals surface area contributed by atoms with E-state index in [2.05, 4.69) is 44.8 Å². The van der Waals surface area contributed by atoms with E-state index in [-0.39, 0.29) is 6.10 Å². The van der Waals surface area contributed by atoms with E-state index in [9.17, 15) is 0 Å². The van der Waals surface area contributed by atoms with Crippen LogP contribution in [0.5, 0.6) is 0 Å². The van der Waals surface area contributed by atoms with Gasteiger partial charge < -0.3 is 14.8 Å². The molecule has 1 aromatic heterocycles. The van der Waals surface area contributed by atoms with Crippen molar-refractivity contribution in [1.29, 1.82) is 0 Å². The summed E-state index contributed by atoms with van der Waals surface area (Å²) in [5.41, 5.74) is 0.894. The molecule has 0 amide bonds. The predicted molar refractivity (Wildman–Crippen MR) is 79.7 cm³/mol. The molecular weight excluding hydrogens is 345 g/mol. The lowest BCUT2D eigenvalue weighted by molar-refractivity contribution is 0.0868. The molecule has 1 N–H and O–H groups in total. The Hall–Kier alpha value is -0.470. The summed E-state index contributed by atoms with van der Waals surface area (Å²) >= 11 is 2.23. The van der Waals surface area contributed by atoms with Crippen LogP contribution in [0.15, 0.2) is 0 Å². The minimum atomic E-state index is -0.0605. The van der Waals surface area contributed by atoms with Gasteiger partial charge in [-0.1, -0.05) is 13.3 Å². The van der Waals surface area contributed by atoms with Crippen molar-refractivity contribution in [3.63, 3.8) is 0 Å². The molecule has 0 aliphatic heterocycles. The molecule has 0 aliphatic carbocycles. The molecule has 18 heavy (non-hydrogen) atoms. The number of anilines is 1. The first-order chi connectivity index (χ1) is 8.67. The van der Waals surface area contributed by atoms with Gasteiger partial charge in [0.15, 0.2) is 5.82 Å². The van der Waals surface area contributed by atoms with Crippen molar-refractivity contribution < 1.29 is 9.47 Å². The van der Waals surface area contributed by atoms with Crippen LogP contribution >= 0.6 is 22.6 Å². The second-order valence-corrected chi connectivity index (χ2v) is 4.97. The van der Waals surface area contributed by atoms with Crippen LogP contribution < -0.4 is 5.32 Å². The summed E-state index contributed by atoms with van der Waals surface area (Å²) in [5, 5.41) is 3.09. The Balaban J connectivity index is 3.14. The fourth-order valence-corrected chi connectivity index (χ4v) is 2.34. The van der Waals surface area contributed by atoms with Crippen molar-refractivity contribution in [1.82, 2.24) is 9.97 Å². The number of nitrogens with one attached hydrogen (secondary N) is 1. The van der Waals surface area contributed by atoms with Crippen LogP contribution in [-0.4, -0.2) is 31.2 Å². The van der Waals surface area contributed by atoms with Gasteiger partial charge in [-0.15, -0.1) is 0 Å². The SMILES string of the molecule is CCCC(OC)c1nc(COC)c(I)c(NC)n1. The Bertz CT molecular complexity index is 388. The number of aromatic nitrogens is 2. The molecule has 0 radical (unpaired) electrons. The smallest absolute Gasteiger partial charge is 0.159 e. The quantitative estimate of drug-likeness (QED) is 0.753. The second kappa shape index (κ2) is 7.85. The van der Waals surface area contributed by atoms with Gasteiger partial charge in [-0.25, -0.2) is 9.97 Å². The summed E-state index contributed by atoms with van der Waals surface area (Å²) in [7, 11) is 5.21. The first kappa shape index (κ1) is 15.6. The monoisotopic (exact) mass is 365 g/mol. The summed E-state index contributed by atoms with van der Waals surface area (Å²) < 4.78 is 11.6. The summed E-state index contributed by atoms with van der Waals surface area (Å²) in [4.78, 5) is 9.06. The molecule has 1 aromatic rings. The summed E-state index contributed by atoms with van der Waals surface area (Å²) in [6.45, 7) is 2.60. The molecule has 6 heteroatoms. The average molecular weight is 365 g/mol. The summed E-state index contributed by atoms with van der Waals surface area (Å²) in [6.07, 6.45) is 1.88. The summed E-state index contributed by atoms with van der Waals surface area (Å²) in [5.74, 6) is 1.54. The Kier molecular flexibility index (Phi) is 6.80. The van der Waals surface area contributed by atoms with E-state index < -0.39 is 0 Å². The van der Waals surface area contributed by atoms with Gasteiger partial charge >= 0.3 is 0 Å². The third kappa shape index (κ3) is 3.76. The molecule has 1 rings (SSSR count). The molecule has 1 unspecified atom stereocenters. The Morgan fingerprint density at radius 1 is 1.33 bits per heavy atom. The minimum Gasteiger partial charge on any atom is -0.378 e. The van der Waals surface area contributed by atoms with E-state index in [1.54, 1.807) is 14.2 Å². The van der Waals surface area contributed by atoms with E-state index in [1.807, 2.05) is 7.05 Å². The Morgan fingerprint density at radius 3 is 2.56 bits per heavy atom. The van der Waals surface area contributed by atoms with E-state index >= 15 is 0 Å². The molecule has 0 saturated carbocycles. The van der Waals surface area contributed by atoms with Crippen molar-refractivity contribution in [3.05, 3.63) is 15.1 Å². The molecular formula is C12H20IN3O2. The molecule has 0 bridgehead atoms. The lowest BCUT2D eigenvalue weighted by Crippen LogP contribution is -2.13. The molecule has 1 atom stereocenters. The van der Waals surface area contributed by atoms with Crippen LogP contribution in [0.3, 0.4) is 0 Å². The Morgan fingerprint density at radius 2 is 2.06 bits per heavy atom. The van der Waals surface area contributed by atoms with Crippen LogP contribution in [0, 0.1) is 3.57 Å². The van der Waals surface area contributed by atoms with Crippen molar-refractivity contribution >= 4 is 28.4 Å². The van der Waals surface area contributed by atoms with E-state index in [1.165, 1.54) is 0 Å². The highest BCUT2D eigenvalue weighted by molar-refractivity contribution is 14.1. The molecule has 0 aromatic carbocycles. The predicted octanol–water partition coefficient (Wildman–Crippen LogP) is 2.76. The number of rotatable bonds is 7. The number of hydrogen-bond donors (Lipinski definition) is 1. The second-order valence-electron chi connectivity index (χ2n) is 3.89.